The van der Waals surface area contributed by atoms with E-state index in [9.17, 15) is 34.5 Å². The van der Waals surface area contributed by atoms with E-state index in [2.05, 4.69) is 95.3 Å². The van der Waals surface area contributed by atoms with Crippen LogP contribution in [0.1, 0.15) is 22.8 Å². The molecule has 2 aromatic heterocycles. The Balaban J connectivity index is 0.000000431. The van der Waals surface area contributed by atoms with Crippen molar-refractivity contribution >= 4 is 14.5 Å². The highest BCUT2D eigenvalue weighted by molar-refractivity contribution is 6.50. The van der Waals surface area contributed by atoms with Gasteiger partial charge in [-0.2, -0.15) is 0 Å². The summed E-state index contributed by atoms with van der Waals surface area (Å²) in [7, 11) is -7.84. The van der Waals surface area contributed by atoms with Gasteiger partial charge in [0.05, 0.1) is 14.1 Å². The second kappa shape index (κ2) is 11.2. The van der Waals surface area contributed by atoms with Crippen molar-refractivity contribution in [1.29, 1.82) is 0 Å². The Morgan fingerprint density at radius 1 is 0.625 bits per heavy atom. The fraction of sp³-hybridized carbons (Fsp3) is 0.333. The molecule has 0 saturated heterocycles. The first-order valence-electron chi connectivity index (χ1n) is 9.39. The van der Waals surface area contributed by atoms with Crippen LogP contribution >= 0.6 is 0 Å². The van der Waals surface area contributed by atoms with E-state index >= 15 is 0 Å². The SMILES string of the molecule is Cc1n(Cc2ccc(Cn3cc[n+](C)c3C)cc2)cc[n+]1C.F[B-](F)(F)F.F[B-](F)(F)F. The van der Waals surface area contributed by atoms with Crippen LogP contribution in [0.4, 0.5) is 34.5 Å². The zero-order chi connectivity index (χ0) is 24.7. The van der Waals surface area contributed by atoms with E-state index in [-0.39, 0.29) is 0 Å². The molecule has 3 aromatic rings. The fourth-order valence-corrected chi connectivity index (χ4v) is 2.68. The van der Waals surface area contributed by atoms with E-state index < -0.39 is 14.5 Å². The van der Waals surface area contributed by atoms with Crippen LogP contribution in [0.25, 0.3) is 0 Å². The average molecular weight is 470 g/mol. The molecule has 0 amide bonds. The highest BCUT2D eigenvalue weighted by Crippen LogP contribution is 2.10. The highest BCUT2D eigenvalue weighted by atomic mass is 19.5. The van der Waals surface area contributed by atoms with Crippen LogP contribution < -0.4 is 9.13 Å². The van der Waals surface area contributed by atoms with Gasteiger partial charge in [0, 0.05) is 13.8 Å². The molecule has 1 aromatic carbocycles. The molecule has 0 N–H and O–H groups in total. The van der Waals surface area contributed by atoms with E-state index in [0.29, 0.717) is 0 Å². The summed E-state index contributed by atoms with van der Waals surface area (Å²) in [5.41, 5.74) is 2.66. The van der Waals surface area contributed by atoms with Crippen molar-refractivity contribution < 1.29 is 43.7 Å². The third kappa shape index (κ3) is 11.0. The van der Waals surface area contributed by atoms with Crippen molar-refractivity contribution in [2.45, 2.75) is 26.9 Å². The van der Waals surface area contributed by atoms with Gasteiger partial charge in [-0.3, -0.25) is 0 Å². The second-order valence-electron chi connectivity index (χ2n) is 6.97. The molecule has 2 heterocycles. The average Bonchev–Trinajstić information content (AvgIpc) is 3.11. The largest absolute Gasteiger partial charge is 0.673 e. The predicted octanol–water partition coefficient (Wildman–Crippen LogP) is 4.25. The van der Waals surface area contributed by atoms with Gasteiger partial charge in [0.2, 0.25) is 0 Å². The minimum absolute atomic E-state index is 0.921. The number of hydrogen-bond donors (Lipinski definition) is 0. The summed E-state index contributed by atoms with van der Waals surface area (Å²) in [6, 6.07) is 8.92. The Labute approximate surface area is 180 Å². The van der Waals surface area contributed by atoms with Crippen LogP contribution in [0, 0.1) is 13.8 Å². The number of aryl methyl sites for hydroxylation is 2. The summed E-state index contributed by atoms with van der Waals surface area (Å²) in [5, 5.41) is 0. The molecule has 0 bridgehead atoms. The quantitative estimate of drug-likeness (QED) is 0.309. The van der Waals surface area contributed by atoms with E-state index in [1.807, 2.05) is 0 Å². The molecule has 14 heteroatoms. The number of nitrogens with zero attached hydrogens (tertiary/aromatic N) is 4. The van der Waals surface area contributed by atoms with Crippen LogP contribution in [0.3, 0.4) is 0 Å². The van der Waals surface area contributed by atoms with Gasteiger partial charge in [-0.05, 0) is 11.1 Å². The summed E-state index contributed by atoms with van der Waals surface area (Å²) < 4.78 is 86.8. The van der Waals surface area contributed by atoms with Crippen LogP contribution in [0.5, 0.6) is 0 Å². The molecule has 0 saturated carbocycles. The van der Waals surface area contributed by atoms with E-state index in [0.717, 1.165) is 13.1 Å². The third-order valence-corrected chi connectivity index (χ3v) is 4.52. The minimum Gasteiger partial charge on any atom is -0.418 e. The molecule has 32 heavy (non-hydrogen) atoms. The molecule has 178 valence electrons. The maximum atomic E-state index is 9.75. The van der Waals surface area contributed by atoms with Crippen molar-refractivity contribution in [2.75, 3.05) is 0 Å². The lowest BCUT2D eigenvalue weighted by Crippen LogP contribution is -2.29. The molecule has 0 fully saturated rings. The number of aromatic nitrogens is 4. The zero-order valence-corrected chi connectivity index (χ0v) is 18.0. The summed E-state index contributed by atoms with van der Waals surface area (Å²) in [5.74, 6) is 2.53. The molecule has 3 rings (SSSR count). The zero-order valence-electron chi connectivity index (χ0n) is 18.0. The Morgan fingerprint density at radius 3 is 1.06 bits per heavy atom. The smallest absolute Gasteiger partial charge is 0.418 e. The van der Waals surface area contributed by atoms with Gasteiger partial charge in [0.1, 0.15) is 37.9 Å². The topological polar surface area (TPSA) is 17.6 Å². The van der Waals surface area contributed by atoms with Gasteiger partial charge in [0.15, 0.2) is 0 Å². The molecule has 0 spiro atoms. The summed E-state index contributed by atoms with van der Waals surface area (Å²) in [6.45, 7) is 6.13. The van der Waals surface area contributed by atoms with Gasteiger partial charge in [-0.25, -0.2) is 18.3 Å². The van der Waals surface area contributed by atoms with Crippen LogP contribution in [0.2, 0.25) is 0 Å². The molecular formula is C18H24B2F8N4. The fourth-order valence-electron chi connectivity index (χ4n) is 2.68. The Kier molecular flexibility index (Phi) is 9.52. The van der Waals surface area contributed by atoms with E-state index in [1.54, 1.807) is 0 Å². The number of imidazole rings is 2. The number of rotatable bonds is 4. The lowest BCUT2D eigenvalue weighted by molar-refractivity contribution is -0.677. The maximum absolute atomic E-state index is 9.75. The van der Waals surface area contributed by atoms with Gasteiger partial charge >= 0.3 is 14.5 Å². The van der Waals surface area contributed by atoms with E-state index in [1.165, 1.54) is 22.8 Å². The van der Waals surface area contributed by atoms with Crippen molar-refractivity contribution in [3.63, 3.8) is 0 Å². The second-order valence-corrected chi connectivity index (χ2v) is 6.97. The minimum atomic E-state index is -6.00. The normalized spacial score (nSPS) is 11.4. The highest BCUT2D eigenvalue weighted by Gasteiger charge is 2.21. The van der Waals surface area contributed by atoms with E-state index in [4.69, 9.17) is 0 Å². The molecule has 4 nitrogen and oxygen atoms in total. The molecule has 0 unspecified atom stereocenters. The molecular weight excluding hydrogens is 446 g/mol. The molecule has 0 aliphatic heterocycles. The first-order chi connectivity index (χ1) is 14.5. The Hall–Kier alpha value is -2.79. The molecule has 0 aliphatic rings. The number of halogens is 8. The monoisotopic (exact) mass is 470 g/mol. The Bertz CT molecular complexity index is 887. The van der Waals surface area contributed by atoms with Crippen LogP contribution in [0.15, 0.2) is 49.1 Å². The van der Waals surface area contributed by atoms with Gasteiger partial charge < -0.3 is 34.5 Å². The first kappa shape index (κ1) is 27.2. The molecule has 0 radical (unpaired) electrons. The van der Waals surface area contributed by atoms with Crippen LogP contribution in [-0.4, -0.2) is 23.6 Å². The summed E-state index contributed by atoms with van der Waals surface area (Å²) in [6.07, 6.45) is 8.45. The van der Waals surface area contributed by atoms with Crippen LogP contribution in [-0.2, 0) is 27.2 Å². The maximum Gasteiger partial charge on any atom is 0.673 e. The third-order valence-electron chi connectivity index (χ3n) is 4.52. The standard InChI is InChI=1S/C18H24N4.2BF4/c1-15-19(3)9-11-21(15)13-17-5-7-18(8-6-17)14-22-12-10-20(4)16(22)2;2*2-1(3,4)5/h5-12H,13-14H2,1-4H3;;/q+2;2*-1. The summed E-state index contributed by atoms with van der Waals surface area (Å²) >= 11 is 0. The molecule has 0 atom stereocenters. The summed E-state index contributed by atoms with van der Waals surface area (Å²) in [4.78, 5) is 0. The Morgan fingerprint density at radius 2 is 0.875 bits per heavy atom. The number of benzene rings is 1. The van der Waals surface area contributed by atoms with Crippen molar-refractivity contribution in [3.05, 3.63) is 71.8 Å². The van der Waals surface area contributed by atoms with Gasteiger partial charge in [0.25, 0.3) is 11.6 Å². The molecule has 0 aliphatic carbocycles. The lowest BCUT2D eigenvalue weighted by atomic mass is 10.1. The first-order valence-corrected chi connectivity index (χ1v) is 9.39. The van der Waals surface area contributed by atoms with Gasteiger partial charge in [-0.15, -0.1) is 0 Å². The van der Waals surface area contributed by atoms with Crippen molar-refractivity contribution in [3.8, 4) is 0 Å². The van der Waals surface area contributed by atoms with Gasteiger partial charge in [-0.1, -0.05) is 24.3 Å². The van der Waals surface area contributed by atoms with Crippen molar-refractivity contribution in [2.24, 2.45) is 14.1 Å². The number of hydrogen-bond acceptors (Lipinski definition) is 0. The predicted molar refractivity (Wildman–Crippen MR) is 106 cm³/mol. The van der Waals surface area contributed by atoms with Crippen molar-refractivity contribution in [1.82, 2.24) is 9.13 Å². The lowest BCUT2D eigenvalue weighted by Gasteiger charge is -2.03.